The minimum atomic E-state index is -0.392. The van der Waals surface area contributed by atoms with Crippen molar-refractivity contribution in [3.63, 3.8) is 0 Å². The van der Waals surface area contributed by atoms with Crippen LogP contribution in [-0.4, -0.2) is 32.4 Å². The molecule has 1 aromatic rings. The lowest BCUT2D eigenvalue weighted by Crippen LogP contribution is -2.41. The summed E-state index contributed by atoms with van der Waals surface area (Å²) in [5.74, 6) is 0. The van der Waals surface area contributed by atoms with Gasteiger partial charge in [-0.15, -0.1) is 0 Å². The van der Waals surface area contributed by atoms with Gasteiger partial charge in [-0.1, -0.05) is 6.92 Å². The van der Waals surface area contributed by atoms with Gasteiger partial charge >= 0.3 is 5.69 Å². The molecule has 0 spiro atoms. The van der Waals surface area contributed by atoms with Crippen LogP contribution in [0.25, 0.3) is 0 Å². The summed E-state index contributed by atoms with van der Waals surface area (Å²) in [6.07, 6.45) is 0.992. The fourth-order valence-electron chi connectivity index (χ4n) is 1.82. The maximum absolute atomic E-state index is 10.9. The molecule has 112 valence electrons. The molecule has 0 amide bonds. The Balaban J connectivity index is 2.53. The average molecular weight is 299 g/mol. The molecule has 0 aliphatic rings. The van der Waals surface area contributed by atoms with Crippen molar-refractivity contribution >= 4 is 23.0 Å². The molecule has 0 fully saturated rings. The Bertz CT molecular complexity index is 500. The predicted octanol–water partition coefficient (Wildman–Crippen LogP) is 1.67. The second kappa shape index (κ2) is 7.18. The van der Waals surface area contributed by atoms with Gasteiger partial charge in [0.25, 0.3) is 0 Å². The first-order chi connectivity index (χ1) is 9.36. The van der Waals surface area contributed by atoms with Gasteiger partial charge in [-0.05, 0) is 39.4 Å². The third kappa shape index (κ3) is 4.16. The summed E-state index contributed by atoms with van der Waals surface area (Å²) in [5.41, 5.74) is 1.09. The van der Waals surface area contributed by atoms with Crippen LogP contribution in [0.4, 0.5) is 5.69 Å². The second-order valence-corrected chi connectivity index (χ2v) is 5.12. The number of rotatable bonds is 6. The molecule has 0 saturated carbocycles. The summed E-state index contributed by atoms with van der Waals surface area (Å²) in [5, 5.41) is 21.9. The molecule has 0 unspecified atom stereocenters. The molecular weight excluding hydrogens is 278 g/mol. The highest BCUT2D eigenvalue weighted by molar-refractivity contribution is 7.80. The number of hydrogen-bond acceptors (Lipinski definition) is 4. The van der Waals surface area contributed by atoms with Gasteiger partial charge in [-0.3, -0.25) is 14.8 Å². The van der Waals surface area contributed by atoms with Crippen molar-refractivity contribution in [2.24, 2.45) is 0 Å². The SMILES string of the molecule is CC[C@H](C)NC(=S)NCCn1nc(C)c([N+](=O)[O-])c1C. The van der Waals surface area contributed by atoms with E-state index in [0.717, 1.165) is 6.42 Å². The number of nitrogens with zero attached hydrogens (tertiary/aromatic N) is 3. The lowest BCUT2D eigenvalue weighted by atomic mass is 10.3. The van der Waals surface area contributed by atoms with Crippen LogP contribution >= 0.6 is 12.2 Å². The Labute approximate surface area is 123 Å². The molecule has 1 atom stereocenters. The first kappa shape index (κ1) is 16.4. The molecule has 7 nitrogen and oxygen atoms in total. The maximum Gasteiger partial charge on any atom is 0.312 e. The Hall–Kier alpha value is -1.70. The van der Waals surface area contributed by atoms with Crippen LogP contribution in [0, 0.1) is 24.0 Å². The third-order valence-corrected chi connectivity index (χ3v) is 3.39. The lowest BCUT2D eigenvalue weighted by Gasteiger charge is -2.15. The molecular formula is C12H21N5O2S. The third-order valence-electron chi connectivity index (χ3n) is 3.12. The number of hydrogen-bond donors (Lipinski definition) is 2. The summed E-state index contributed by atoms with van der Waals surface area (Å²) in [7, 11) is 0. The van der Waals surface area contributed by atoms with Gasteiger partial charge in [0.2, 0.25) is 0 Å². The van der Waals surface area contributed by atoms with Crippen molar-refractivity contribution in [2.75, 3.05) is 6.54 Å². The van der Waals surface area contributed by atoms with Crippen molar-refractivity contribution in [3.05, 3.63) is 21.5 Å². The van der Waals surface area contributed by atoms with Gasteiger partial charge in [0.1, 0.15) is 11.4 Å². The molecule has 2 N–H and O–H groups in total. The molecule has 1 rings (SSSR count). The molecule has 1 heterocycles. The van der Waals surface area contributed by atoms with E-state index in [9.17, 15) is 10.1 Å². The Morgan fingerprint density at radius 2 is 2.20 bits per heavy atom. The van der Waals surface area contributed by atoms with Gasteiger partial charge in [0.05, 0.1) is 11.5 Å². The molecule has 0 saturated heterocycles. The first-order valence-electron chi connectivity index (χ1n) is 6.59. The summed E-state index contributed by atoms with van der Waals surface area (Å²) < 4.78 is 1.63. The highest BCUT2D eigenvalue weighted by Crippen LogP contribution is 2.21. The Kier molecular flexibility index (Phi) is 5.87. The van der Waals surface area contributed by atoms with Crippen molar-refractivity contribution in [1.82, 2.24) is 20.4 Å². The zero-order chi connectivity index (χ0) is 15.3. The minimum absolute atomic E-state index is 0.0882. The van der Waals surface area contributed by atoms with Crippen molar-refractivity contribution in [1.29, 1.82) is 0 Å². The lowest BCUT2D eigenvalue weighted by molar-refractivity contribution is -0.386. The maximum atomic E-state index is 10.9. The molecule has 1 aromatic heterocycles. The van der Waals surface area contributed by atoms with E-state index in [4.69, 9.17) is 12.2 Å². The van der Waals surface area contributed by atoms with Gasteiger partial charge in [0.15, 0.2) is 5.11 Å². The quantitative estimate of drug-likeness (QED) is 0.472. The minimum Gasteiger partial charge on any atom is -0.361 e. The van der Waals surface area contributed by atoms with Gasteiger partial charge in [-0.2, -0.15) is 5.10 Å². The standard InChI is InChI=1S/C12H21N5O2S/c1-5-8(2)14-12(20)13-6-7-16-10(4)11(17(18)19)9(3)15-16/h8H,5-7H2,1-4H3,(H2,13,14,20)/t8-/m0/s1. The second-order valence-electron chi connectivity index (χ2n) is 4.71. The van der Waals surface area contributed by atoms with Crippen LogP contribution in [0.5, 0.6) is 0 Å². The molecule has 0 aliphatic heterocycles. The fourth-order valence-corrected chi connectivity index (χ4v) is 2.12. The molecule has 0 bridgehead atoms. The van der Waals surface area contributed by atoms with E-state index in [0.29, 0.717) is 35.6 Å². The molecule has 0 aliphatic carbocycles. The zero-order valence-electron chi connectivity index (χ0n) is 12.3. The summed E-state index contributed by atoms with van der Waals surface area (Å²) >= 11 is 5.16. The van der Waals surface area contributed by atoms with E-state index < -0.39 is 4.92 Å². The van der Waals surface area contributed by atoms with Crippen molar-refractivity contribution in [3.8, 4) is 0 Å². The van der Waals surface area contributed by atoms with E-state index >= 15 is 0 Å². The molecule has 0 radical (unpaired) electrons. The van der Waals surface area contributed by atoms with Gasteiger partial charge < -0.3 is 10.6 Å². The number of nitro groups is 1. The number of thiocarbonyl (C=S) groups is 1. The average Bonchev–Trinajstić information content (AvgIpc) is 2.64. The van der Waals surface area contributed by atoms with Gasteiger partial charge in [0, 0.05) is 12.6 Å². The van der Waals surface area contributed by atoms with E-state index in [2.05, 4.69) is 29.6 Å². The zero-order valence-corrected chi connectivity index (χ0v) is 13.1. The summed E-state index contributed by atoms with van der Waals surface area (Å²) in [4.78, 5) is 10.5. The Morgan fingerprint density at radius 3 is 2.70 bits per heavy atom. The molecule has 20 heavy (non-hydrogen) atoms. The first-order valence-corrected chi connectivity index (χ1v) is 7.00. The topological polar surface area (TPSA) is 85.0 Å². The fraction of sp³-hybridized carbons (Fsp3) is 0.667. The predicted molar refractivity (Wildman–Crippen MR) is 81.8 cm³/mol. The summed E-state index contributed by atoms with van der Waals surface area (Å²) in [6.45, 7) is 8.58. The number of aromatic nitrogens is 2. The largest absolute Gasteiger partial charge is 0.361 e. The monoisotopic (exact) mass is 299 g/mol. The molecule has 0 aromatic carbocycles. The van der Waals surface area contributed by atoms with Crippen LogP contribution in [0.15, 0.2) is 0 Å². The number of nitrogens with one attached hydrogen (secondary N) is 2. The molecule has 8 heteroatoms. The summed E-state index contributed by atoms with van der Waals surface area (Å²) in [6, 6.07) is 0.324. The number of aryl methyl sites for hydroxylation is 1. The normalized spacial score (nSPS) is 12.0. The highest BCUT2D eigenvalue weighted by Gasteiger charge is 2.21. The van der Waals surface area contributed by atoms with E-state index in [1.807, 2.05) is 0 Å². The Morgan fingerprint density at radius 1 is 1.55 bits per heavy atom. The van der Waals surface area contributed by atoms with Crippen LogP contribution < -0.4 is 10.6 Å². The smallest absolute Gasteiger partial charge is 0.312 e. The van der Waals surface area contributed by atoms with E-state index in [-0.39, 0.29) is 5.69 Å². The van der Waals surface area contributed by atoms with E-state index in [1.165, 1.54) is 0 Å². The van der Waals surface area contributed by atoms with Crippen LogP contribution in [0.1, 0.15) is 31.7 Å². The van der Waals surface area contributed by atoms with Gasteiger partial charge in [-0.25, -0.2) is 0 Å². The van der Waals surface area contributed by atoms with Crippen molar-refractivity contribution in [2.45, 2.75) is 46.7 Å². The van der Waals surface area contributed by atoms with Crippen LogP contribution in [-0.2, 0) is 6.54 Å². The van der Waals surface area contributed by atoms with E-state index in [1.54, 1.807) is 18.5 Å². The highest BCUT2D eigenvalue weighted by atomic mass is 32.1. The van der Waals surface area contributed by atoms with Crippen molar-refractivity contribution < 1.29 is 4.92 Å². The van der Waals surface area contributed by atoms with Crippen LogP contribution in [0.2, 0.25) is 0 Å². The van der Waals surface area contributed by atoms with Crippen LogP contribution in [0.3, 0.4) is 0 Å².